The first-order valence-electron chi connectivity index (χ1n) is 6.94. The molecule has 1 heterocycles. The van der Waals surface area contributed by atoms with Gasteiger partial charge >= 0.3 is 0 Å². The van der Waals surface area contributed by atoms with Gasteiger partial charge in [0.05, 0.1) is 5.56 Å². The van der Waals surface area contributed by atoms with Crippen LogP contribution in [-0.4, -0.2) is 10.9 Å². The highest BCUT2D eigenvalue weighted by Crippen LogP contribution is 2.27. The lowest BCUT2D eigenvalue weighted by molar-refractivity contribution is -0.117. The van der Waals surface area contributed by atoms with Gasteiger partial charge in [0, 0.05) is 22.9 Å². The molecule has 3 nitrogen and oxygen atoms in total. The standard InChI is InChI=1S/C18H14O3S/c19-13(10-12-6-2-1-3-7-12)11-15-17(20)14-8-4-5-9-16(14)22-18(15)21/h1-9,21H,10-11H2. The first-order valence-corrected chi connectivity index (χ1v) is 7.76. The molecule has 0 fully saturated rings. The molecule has 4 heteroatoms. The van der Waals surface area contributed by atoms with Gasteiger partial charge in [-0.3, -0.25) is 9.59 Å². The van der Waals surface area contributed by atoms with Crippen molar-refractivity contribution < 1.29 is 9.90 Å². The highest BCUT2D eigenvalue weighted by molar-refractivity contribution is 7.20. The number of aromatic hydroxyl groups is 1. The number of rotatable bonds is 4. The van der Waals surface area contributed by atoms with E-state index in [1.54, 1.807) is 18.2 Å². The van der Waals surface area contributed by atoms with E-state index in [0.29, 0.717) is 5.39 Å². The predicted octanol–water partition coefficient (Wildman–Crippen LogP) is 3.32. The van der Waals surface area contributed by atoms with Gasteiger partial charge in [0.15, 0.2) is 10.5 Å². The van der Waals surface area contributed by atoms with Gasteiger partial charge in [0.2, 0.25) is 0 Å². The Morgan fingerprint density at radius 3 is 2.41 bits per heavy atom. The van der Waals surface area contributed by atoms with Crippen LogP contribution in [0.25, 0.3) is 10.1 Å². The van der Waals surface area contributed by atoms with E-state index in [9.17, 15) is 14.7 Å². The molecule has 22 heavy (non-hydrogen) atoms. The third-order valence-electron chi connectivity index (χ3n) is 3.49. The van der Waals surface area contributed by atoms with Gasteiger partial charge < -0.3 is 5.11 Å². The number of hydrogen-bond donors (Lipinski definition) is 1. The van der Waals surface area contributed by atoms with Gasteiger partial charge in [-0.1, -0.05) is 53.8 Å². The van der Waals surface area contributed by atoms with Gasteiger partial charge in [0.25, 0.3) is 0 Å². The Kier molecular flexibility index (Phi) is 4.02. The third kappa shape index (κ3) is 2.92. The van der Waals surface area contributed by atoms with E-state index < -0.39 is 0 Å². The van der Waals surface area contributed by atoms with E-state index in [4.69, 9.17) is 0 Å². The Labute approximate surface area is 131 Å². The van der Waals surface area contributed by atoms with Crippen LogP contribution in [0.3, 0.4) is 0 Å². The lowest BCUT2D eigenvalue weighted by Crippen LogP contribution is -2.15. The molecule has 0 amide bonds. The van der Waals surface area contributed by atoms with E-state index in [0.717, 1.165) is 21.6 Å². The summed E-state index contributed by atoms with van der Waals surface area (Å²) in [4.78, 5) is 24.6. The summed E-state index contributed by atoms with van der Waals surface area (Å²) >= 11 is 1.13. The van der Waals surface area contributed by atoms with Crippen molar-refractivity contribution in [3.8, 4) is 5.06 Å². The highest BCUT2D eigenvalue weighted by Gasteiger charge is 2.15. The van der Waals surface area contributed by atoms with Crippen molar-refractivity contribution >= 4 is 27.2 Å². The molecule has 1 N–H and O–H groups in total. The average molecular weight is 310 g/mol. The molecule has 1 aromatic heterocycles. The Hall–Kier alpha value is -2.46. The van der Waals surface area contributed by atoms with Crippen LogP contribution in [0, 0.1) is 0 Å². The van der Waals surface area contributed by atoms with Crippen molar-refractivity contribution in [2.45, 2.75) is 12.8 Å². The normalized spacial score (nSPS) is 10.7. The van der Waals surface area contributed by atoms with Crippen LogP contribution in [-0.2, 0) is 17.6 Å². The number of Topliss-reactive ketones (excluding diaryl/α,β-unsaturated/α-hetero) is 1. The molecule has 0 atom stereocenters. The zero-order chi connectivity index (χ0) is 15.5. The number of carbonyl (C=O) groups is 1. The maximum absolute atomic E-state index is 12.4. The molecule has 0 aliphatic carbocycles. The van der Waals surface area contributed by atoms with Crippen molar-refractivity contribution in [3.05, 3.63) is 75.9 Å². The van der Waals surface area contributed by atoms with Gasteiger partial charge in [-0.2, -0.15) is 0 Å². The SMILES string of the molecule is O=C(Cc1ccccc1)Cc1c(O)sc2ccccc2c1=O. The molecule has 110 valence electrons. The van der Waals surface area contributed by atoms with Crippen molar-refractivity contribution in [1.29, 1.82) is 0 Å². The number of hydrogen-bond acceptors (Lipinski definition) is 4. The highest BCUT2D eigenvalue weighted by atomic mass is 32.1. The molecule has 0 unspecified atom stereocenters. The summed E-state index contributed by atoms with van der Waals surface area (Å²) in [6.45, 7) is 0. The lowest BCUT2D eigenvalue weighted by atomic mass is 10.0. The molecule has 0 spiro atoms. The van der Waals surface area contributed by atoms with Crippen molar-refractivity contribution in [2.24, 2.45) is 0 Å². The first-order chi connectivity index (χ1) is 10.6. The number of carbonyl (C=O) groups excluding carboxylic acids is 1. The summed E-state index contributed by atoms with van der Waals surface area (Å²) in [5, 5.41) is 10.6. The quantitative estimate of drug-likeness (QED) is 0.804. The second-order valence-electron chi connectivity index (χ2n) is 5.09. The van der Waals surface area contributed by atoms with Crippen molar-refractivity contribution in [2.75, 3.05) is 0 Å². The van der Waals surface area contributed by atoms with Crippen LogP contribution >= 0.6 is 11.3 Å². The Morgan fingerprint density at radius 1 is 0.955 bits per heavy atom. The van der Waals surface area contributed by atoms with Gasteiger partial charge in [-0.15, -0.1) is 0 Å². The lowest BCUT2D eigenvalue weighted by Gasteiger charge is -2.05. The molecule has 0 aliphatic heterocycles. The van der Waals surface area contributed by atoms with E-state index in [1.807, 2.05) is 36.4 Å². The maximum atomic E-state index is 12.4. The van der Waals surface area contributed by atoms with Gasteiger partial charge in [-0.05, 0) is 17.7 Å². The molecule has 0 bridgehead atoms. The number of ketones is 1. The van der Waals surface area contributed by atoms with Crippen LogP contribution < -0.4 is 5.43 Å². The minimum Gasteiger partial charge on any atom is -0.499 e. The topological polar surface area (TPSA) is 54.4 Å². The van der Waals surface area contributed by atoms with E-state index in [-0.39, 0.29) is 34.7 Å². The fraction of sp³-hybridized carbons (Fsp3) is 0.111. The molecular weight excluding hydrogens is 296 g/mol. The van der Waals surface area contributed by atoms with Crippen LogP contribution in [0.4, 0.5) is 0 Å². The molecular formula is C18H14O3S. The van der Waals surface area contributed by atoms with E-state index >= 15 is 0 Å². The van der Waals surface area contributed by atoms with Gasteiger partial charge in [0.1, 0.15) is 5.78 Å². The zero-order valence-electron chi connectivity index (χ0n) is 11.8. The monoisotopic (exact) mass is 310 g/mol. The van der Waals surface area contributed by atoms with Crippen LogP contribution in [0.2, 0.25) is 0 Å². The Bertz CT molecular complexity index is 882. The summed E-state index contributed by atoms with van der Waals surface area (Å²) < 4.78 is 0.726. The minimum absolute atomic E-state index is 0.0408. The summed E-state index contributed by atoms with van der Waals surface area (Å²) in [5.74, 6) is -0.0823. The number of fused-ring (bicyclic) bond motifs is 1. The maximum Gasteiger partial charge on any atom is 0.195 e. The zero-order valence-corrected chi connectivity index (χ0v) is 12.6. The summed E-state index contributed by atoms with van der Waals surface area (Å²) in [6, 6.07) is 16.5. The Balaban J connectivity index is 1.91. The fourth-order valence-corrected chi connectivity index (χ4v) is 3.32. The van der Waals surface area contributed by atoms with E-state index in [2.05, 4.69) is 0 Å². The predicted molar refractivity (Wildman–Crippen MR) is 88.6 cm³/mol. The average Bonchev–Trinajstić information content (AvgIpc) is 2.52. The van der Waals surface area contributed by atoms with Gasteiger partial charge in [-0.25, -0.2) is 0 Å². The molecule has 2 aromatic carbocycles. The molecule has 0 saturated carbocycles. The summed E-state index contributed by atoms with van der Waals surface area (Å²) in [5.41, 5.74) is 0.849. The molecule has 0 saturated heterocycles. The summed E-state index contributed by atoms with van der Waals surface area (Å²) in [6.07, 6.45) is 0.220. The van der Waals surface area contributed by atoms with Crippen molar-refractivity contribution in [1.82, 2.24) is 0 Å². The minimum atomic E-state index is -0.256. The molecule has 0 radical (unpaired) electrons. The first kappa shape index (κ1) is 14.5. The van der Waals surface area contributed by atoms with Crippen LogP contribution in [0.1, 0.15) is 11.1 Å². The summed E-state index contributed by atoms with van der Waals surface area (Å²) in [7, 11) is 0. The molecule has 3 rings (SSSR count). The second kappa shape index (κ2) is 6.12. The van der Waals surface area contributed by atoms with Crippen molar-refractivity contribution in [3.63, 3.8) is 0 Å². The fourth-order valence-electron chi connectivity index (χ4n) is 2.41. The van der Waals surface area contributed by atoms with E-state index in [1.165, 1.54) is 0 Å². The molecule has 3 aromatic rings. The smallest absolute Gasteiger partial charge is 0.195 e. The third-order valence-corrected chi connectivity index (χ3v) is 4.50. The molecule has 0 aliphatic rings. The largest absolute Gasteiger partial charge is 0.499 e. The van der Waals surface area contributed by atoms with Crippen LogP contribution in [0.15, 0.2) is 59.4 Å². The Morgan fingerprint density at radius 2 is 1.64 bits per heavy atom. The second-order valence-corrected chi connectivity index (χ2v) is 6.12. The number of benzene rings is 2. The van der Waals surface area contributed by atoms with Crippen LogP contribution in [0.5, 0.6) is 5.06 Å².